The van der Waals surface area contributed by atoms with E-state index in [1.54, 1.807) is 13.0 Å². The molecule has 0 spiro atoms. The third-order valence-corrected chi connectivity index (χ3v) is 4.08. The average molecular weight is 422 g/mol. The molecular weight excluding hydrogens is 409 g/mol. The van der Waals surface area contributed by atoms with Gasteiger partial charge >= 0.3 is 5.97 Å². The molecule has 0 atom stereocenters. The van der Waals surface area contributed by atoms with E-state index in [2.05, 4.69) is 25.9 Å². The number of aromatic nitrogens is 3. The number of hydrogen-bond donors (Lipinski definition) is 1. The van der Waals surface area contributed by atoms with Gasteiger partial charge in [-0.05, 0) is 40.5 Å². The number of aromatic hydroxyl groups is 1. The molecule has 0 aliphatic carbocycles. The first kappa shape index (κ1) is 18.0. The largest absolute Gasteiger partial charge is 0.506 e. The Morgan fingerprint density at radius 1 is 1.35 bits per heavy atom. The summed E-state index contributed by atoms with van der Waals surface area (Å²) in [6.45, 7) is 1.63. The van der Waals surface area contributed by atoms with Gasteiger partial charge in [-0.25, -0.2) is 14.8 Å². The van der Waals surface area contributed by atoms with Gasteiger partial charge in [0, 0.05) is 16.9 Å². The highest BCUT2D eigenvalue weighted by Crippen LogP contribution is 2.28. The van der Waals surface area contributed by atoms with E-state index in [0.717, 1.165) is 0 Å². The Morgan fingerprint density at radius 2 is 2.12 bits per heavy atom. The van der Waals surface area contributed by atoms with Crippen LogP contribution in [-0.4, -0.2) is 32.2 Å². The molecular formula is C17H13BrFN3O4. The van der Waals surface area contributed by atoms with E-state index in [1.807, 2.05) is 0 Å². The Hall–Kier alpha value is -2.81. The van der Waals surface area contributed by atoms with Crippen LogP contribution in [0.1, 0.15) is 22.8 Å². The average Bonchev–Trinajstić information content (AvgIpc) is 2.61. The lowest BCUT2D eigenvalue weighted by atomic mass is 10.1. The minimum atomic E-state index is -0.928. The summed E-state index contributed by atoms with van der Waals surface area (Å²) >= 11 is 3.25. The zero-order valence-corrected chi connectivity index (χ0v) is 15.2. The minimum Gasteiger partial charge on any atom is -0.506 e. The van der Waals surface area contributed by atoms with Gasteiger partial charge < -0.3 is 9.84 Å². The maximum absolute atomic E-state index is 13.0. The first-order chi connectivity index (χ1) is 12.4. The third kappa shape index (κ3) is 3.30. The number of halogens is 2. The van der Waals surface area contributed by atoms with Crippen molar-refractivity contribution >= 4 is 32.9 Å². The van der Waals surface area contributed by atoms with Crippen molar-refractivity contribution < 1.29 is 19.0 Å². The SMILES string of the molecule is CCOC(=O)c1c(O)c2cc(Br)cnc2n(Cc2ccc(F)nc2)c1=O. The highest BCUT2D eigenvalue weighted by molar-refractivity contribution is 9.10. The monoisotopic (exact) mass is 421 g/mol. The van der Waals surface area contributed by atoms with Crippen LogP contribution in [-0.2, 0) is 11.3 Å². The van der Waals surface area contributed by atoms with Crippen molar-refractivity contribution in [2.24, 2.45) is 0 Å². The van der Waals surface area contributed by atoms with Crippen LogP contribution in [0.4, 0.5) is 4.39 Å². The number of carbonyl (C=O) groups is 1. The van der Waals surface area contributed by atoms with Crippen LogP contribution in [0, 0.1) is 5.95 Å². The molecule has 0 fully saturated rings. The quantitative estimate of drug-likeness (QED) is 0.513. The molecule has 0 amide bonds. The number of nitrogens with zero attached hydrogens (tertiary/aromatic N) is 3. The van der Waals surface area contributed by atoms with Crippen molar-refractivity contribution in [1.82, 2.24) is 14.5 Å². The fourth-order valence-electron chi connectivity index (χ4n) is 2.50. The number of hydrogen-bond acceptors (Lipinski definition) is 6. The molecule has 26 heavy (non-hydrogen) atoms. The van der Waals surface area contributed by atoms with Gasteiger partial charge in [0.25, 0.3) is 5.56 Å². The molecule has 7 nitrogen and oxygen atoms in total. The molecule has 0 radical (unpaired) electrons. The highest BCUT2D eigenvalue weighted by Gasteiger charge is 2.24. The fourth-order valence-corrected chi connectivity index (χ4v) is 2.84. The summed E-state index contributed by atoms with van der Waals surface area (Å²) in [5, 5.41) is 10.6. The predicted octanol–water partition coefficient (Wildman–Crippen LogP) is 2.62. The molecule has 9 heteroatoms. The van der Waals surface area contributed by atoms with Crippen LogP contribution in [0.3, 0.4) is 0 Å². The summed E-state index contributed by atoms with van der Waals surface area (Å²) in [5.74, 6) is -2.07. The van der Waals surface area contributed by atoms with Crippen molar-refractivity contribution in [2.75, 3.05) is 6.61 Å². The molecule has 3 aromatic heterocycles. The van der Waals surface area contributed by atoms with E-state index in [1.165, 1.54) is 29.1 Å². The molecule has 0 unspecified atom stereocenters. The topological polar surface area (TPSA) is 94.3 Å². The molecule has 0 aliphatic heterocycles. The van der Waals surface area contributed by atoms with Crippen molar-refractivity contribution in [3.8, 4) is 5.75 Å². The number of rotatable bonds is 4. The van der Waals surface area contributed by atoms with Crippen molar-refractivity contribution in [3.05, 3.63) is 62.5 Å². The molecule has 0 saturated heterocycles. The third-order valence-electron chi connectivity index (χ3n) is 3.65. The zero-order valence-electron chi connectivity index (χ0n) is 13.6. The minimum absolute atomic E-state index is 0.00999. The lowest BCUT2D eigenvalue weighted by Gasteiger charge is -2.14. The van der Waals surface area contributed by atoms with E-state index < -0.39 is 28.8 Å². The lowest BCUT2D eigenvalue weighted by Crippen LogP contribution is -2.29. The molecule has 0 saturated carbocycles. The molecule has 3 heterocycles. The summed E-state index contributed by atoms with van der Waals surface area (Å²) in [7, 11) is 0. The van der Waals surface area contributed by atoms with E-state index in [-0.39, 0.29) is 24.2 Å². The summed E-state index contributed by atoms with van der Waals surface area (Å²) in [6, 6.07) is 4.18. The van der Waals surface area contributed by atoms with Gasteiger partial charge in [-0.2, -0.15) is 4.39 Å². The van der Waals surface area contributed by atoms with Crippen LogP contribution in [0.5, 0.6) is 5.75 Å². The van der Waals surface area contributed by atoms with Gasteiger partial charge in [0.05, 0.1) is 18.5 Å². The summed E-state index contributed by atoms with van der Waals surface area (Å²) in [4.78, 5) is 32.7. The Balaban J connectivity index is 2.27. The van der Waals surface area contributed by atoms with Gasteiger partial charge in [-0.15, -0.1) is 0 Å². The maximum Gasteiger partial charge on any atom is 0.347 e. The summed E-state index contributed by atoms with van der Waals surface area (Å²) in [5.41, 5.74) is -0.532. The molecule has 3 aromatic rings. The van der Waals surface area contributed by atoms with Crippen molar-refractivity contribution in [2.45, 2.75) is 13.5 Å². The number of pyridine rings is 3. The summed E-state index contributed by atoms with van der Waals surface area (Å²) < 4.78 is 19.7. The smallest absolute Gasteiger partial charge is 0.347 e. The zero-order chi connectivity index (χ0) is 18.8. The Morgan fingerprint density at radius 3 is 2.77 bits per heavy atom. The highest BCUT2D eigenvalue weighted by atomic mass is 79.9. The van der Waals surface area contributed by atoms with Gasteiger partial charge in [-0.3, -0.25) is 9.36 Å². The van der Waals surface area contributed by atoms with Gasteiger partial charge in [-0.1, -0.05) is 6.07 Å². The Kier molecular flexibility index (Phi) is 4.99. The lowest BCUT2D eigenvalue weighted by molar-refractivity contribution is 0.0520. The van der Waals surface area contributed by atoms with E-state index in [4.69, 9.17) is 4.74 Å². The first-order valence-corrected chi connectivity index (χ1v) is 8.40. The van der Waals surface area contributed by atoms with E-state index in [0.29, 0.717) is 10.0 Å². The van der Waals surface area contributed by atoms with Crippen LogP contribution >= 0.6 is 15.9 Å². The molecule has 0 bridgehead atoms. The molecule has 3 rings (SSSR count). The maximum atomic E-state index is 13.0. The Labute approximate surface area is 155 Å². The normalized spacial score (nSPS) is 10.9. The number of ether oxygens (including phenoxy) is 1. The molecule has 134 valence electrons. The van der Waals surface area contributed by atoms with Gasteiger partial charge in [0.1, 0.15) is 11.4 Å². The second-order valence-electron chi connectivity index (χ2n) is 5.35. The van der Waals surface area contributed by atoms with Gasteiger partial charge in [0.2, 0.25) is 5.95 Å². The van der Waals surface area contributed by atoms with Gasteiger partial charge in [0.15, 0.2) is 5.56 Å². The van der Waals surface area contributed by atoms with Crippen LogP contribution in [0.2, 0.25) is 0 Å². The molecule has 0 aliphatic rings. The van der Waals surface area contributed by atoms with Crippen LogP contribution < -0.4 is 5.56 Å². The summed E-state index contributed by atoms with van der Waals surface area (Å²) in [6.07, 6.45) is 2.74. The Bertz CT molecular complexity index is 1050. The number of carbonyl (C=O) groups excluding carboxylic acids is 1. The second kappa shape index (κ2) is 7.20. The molecule has 0 aromatic carbocycles. The van der Waals surface area contributed by atoms with E-state index in [9.17, 15) is 19.1 Å². The number of fused-ring (bicyclic) bond motifs is 1. The fraction of sp³-hybridized carbons (Fsp3) is 0.176. The van der Waals surface area contributed by atoms with E-state index >= 15 is 0 Å². The van der Waals surface area contributed by atoms with Crippen molar-refractivity contribution in [1.29, 1.82) is 0 Å². The number of esters is 1. The van der Waals surface area contributed by atoms with Crippen LogP contribution in [0.25, 0.3) is 11.0 Å². The van der Waals surface area contributed by atoms with Crippen LogP contribution in [0.15, 0.2) is 39.9 Å². The second-order valence-corrected chi connectivity index (χ2v) is 6.26. The standard InChI is InChI=1S/C17H13BrFN3O4/c1-2-26-17(25)13-14(23)11-5-10(18)7-21-15(11)22(16(13)24)8-9-3-4-12(19)20-6-9/h3-7,23H,2,8H2,1H3. The van der Waals surface area contributed by atoms with Crippen molar-refractivity contribution in [3.63, 3.8) is 0 Å². The first-order valence-electron chi connectivity index (χ1n) is 7.61. The molecule has 1 N–H and O–H groups in total. The predicted molar refractivity (Wildman–Crippen MR) is 94.6 cm³/mol.